The average molecular weight is 482 g/mol. The zero-order valence-electron chi connectivity index (χ0n) is 17.5. The number of nitrogens with one attached hydrogen (secondary N) is 1. The fraction of sp³-hybridized carbons (Fsp3) is 0.0400. The maximum atomic E-state index is 13.2. The minimum Gasteiger partial charge on any atom is -0.322 e. The first-order valence-corrected chi connectivity index (χ1v) is 11.5. The normalized spacial score (nSPS) is 11.7. The second-order valence-electron chi connectivity index (χ2n) is 7.27. The van der Waals surface area contributed by atoms with Gasteiger partial charge in [-0.1, -0.05) is 30.3 Å². The molecule has 5 nitrogen and oxygen atoms in total. The molecule has 0 aliphatic carbocycles. The molecule has 0 bridgehead atoms. The summed E-state index contributed by atoms with van der Waals surface area (Å²) in [6, 6.07) is 21.4. The maximum Gasteiger partial charge on any atom is 0.418 e. The number of halogens is 3. The molecule has 1 heterocycles. The monoisotopic (exact) mass is 482 g/mol. The van der Waals surface area contributed by atoms with Crippen molar-refractivity contribution in [2.24, 2.45) is 0 Å². The van der Waals surface area contributed by atoms with Gasteiger partial charge in [-0.3, -0.25) is 9.78 Å². The van der Waals surface area contributed by atoms with E-state index >= 15 is 0 Å². The molecule has 0 radical (unpaired) electrons. The lowest BCUT2D eigenvalue weighted by Gasteiger charge is -2.12. The number of sulfone groups is 1. The Balaban J connectivity index is 1.50. The van der Waals surface area contributed by atoms with Gasteiger partial charge in [0.15, 0.2) is 0 Å². The second-order valence-corrected chi connectivity index (χ2v) is 9.22. The summed E-state index contributed by atoms with van der Waals surface area (Å²) in [5.41, 5.74) is -0.283. The van der Waals surface area contributed by atoms with Gasteiger partial charge >= 0.3 is 6.18 Å². The molecule has 1 amide bonds. The standard InChI is InChI=1S/C25H17F3N2O3S/c26-25(27,28)22-7-4-16-29-23(22)17-8-10-18(11-9-17)24(31)30-19-12-14-21(15-13-19)34(32,33)20-5-2-1-3-6-20/h1-16H,(H,30,31). The lowest BCUT2D eigenvalue weighted by molar-refractivity contribution is -0.137. The first-order chi connectivity index (χ1) is 16.2. The van der Waals surface area contributed by atoms with Crippen LogP contribution in [0, 0.1) is 0 Å². The predicted molar refractivity (Wildman–Crippen MR) is 121 cm³/mol. The summed E-state index contributed by atoms with van der Waals surface area (Å²) in [5, 5.41) is 2.64. The van der Waals surface area contributed by atoms with Crippen LogP contribution in [0.5, 0.6) is 0 Å². The van der Waals surface area contributed by atoms with Crippen molar-refractivity contribution in [3.63, 3.8) is 0 Å². The first kappa shape index (κ1) is 23.2. The zero-order valence-corrected chi connectivity index (χ0v) is 18.3. The van der Waals surface area contributed by atoms with E-state index in [0.717, 1.165) is 6.07 Å². The largest absolute Gasteiger partial charge is 0.418 e. The van der Waals surface area contributed by atoms with Crippen LogP contribution in [0.4, 0.5) is 18.9 Å². The SMILES string of the molecule is O=C(Nc1ccc(S(=O)(=O)c2ccccc2)cc1)c1ccc(-c2ncccc2C(F)(F)F)cc1. The van der Waals surface area contributed by atoms with E-state index in [1.165, 1.54) is 72.9 Å². The van der Waals surface area contributed by atoms with Gasteiger partial charge in [0, 0.05) is 23.0 Å². The minimum absolute atomic E-state index is 0.0804. The third-order valence-corrected chi connectivity index (χ3v) is 6.80. The van der Waals surface area contributed by atoms with E-state index < -0.39 is 27.5 Å². The van der Waals surface area contributed by atoms with Gasteiger partial charge in [0.05, 0.1) is 21.0 Å². The molecule has 0 saturated heterocycles. The Morgan fingerprint density at radius 1 is 0.765 bits per heavy atom. The van der Waals surface area contributed by atoms with Crippen molar-refractivity contribution >= 4 is 21.4 Å². The summed E-state index contributed by atoms with van der Waals surface area (Å²) in [6.45, 7) is 0. The van der Waals surface area contributed by atoms with Crippen molar-refractivity contribution in [1.82, 2.24) is 4.98 Å². The molecule has 0 saturated carbocycles. The summed E-state index contributed by atoms with van der Waals surface area (Å²) in [7, 11) is -3.68. The minimum atomic E-state index is -4.56. The highest BCUT2D eigenvalue weighted by molar-refractivity contribution is 7.91. The molecule has 4 rings (SSSR count). The maximum absolute atomic E-state index is 13.2. The number of anilines is 1. The molecule has 0 unspecified atom stereocenters. The van der Waals surface area contributed by atoms with Gasteiger partial charge in [-0.2, -0.15) is 13.2 Å². The van der Waals surface area contributed by atoms with Crippen LogP contribution in [0.2, 0.25) is 0 Å². The van der Waals surface area contributed by atoms with Crippen LogP contribution in [0.25, 0.3) is 11.3 Å². The Labute approximate surface area is 193 Å². The number of benzene rings is 3. The van der Waals surface area contributed by atoms with Gasteiger partial charge in [-0.25, -0.2) is 8.42 Å². The third kappa shape index (κ3) is 4.84. The summed E-state index contributed by atoms with van der Waals surface area (Å²) >= 11 is 0. The number of rotatable bonds is 5. The third-order valence-electron chi connectivity index (χ3n) is 5.01. The molecule has 1 N–H and O–H groups in total. The molecule has 0 aliphatic rings. The highest BCUT2D eigenvalue weighted by Gasteiger charge is 2.34. The molecule has 3 aromatic carbocycles. The Kier molecular flexibility index (Phi) is 6.21. The van der Waals surface area contributed by atoms with Crippen LogP contribution in [0.15, 0.2) is 107 Å². The summed E-state index contributed by atoms with van der Waals surface area (Å²) in [6.07, 6.45) is -3.29. The van der Waals surface area contributed by atoms with E-state index in [0.29, 0.717) is 5.69 Å². The zero-order chi connectivity index (χ0) is 24.3. The summed E-state index contributed by atoms with van der Waals surface area (Å²) < 4.78 is 65.0. The van der Waals surface area contributed by atoms with E-state index in [1.807, 2.05) is 0 Å². The van der Waals surface area contributed by atoms with Crippen LogP contribution >= 0.6 is 0 Å². The van der Waals surface area contributed by atoms with Crippen molar-refractivity contribution in [3.05, 3.63) is 108 Å². The number of aromatic nitrogens is 1. The van der Waals surface area contributed by atoms with Crippen LogP contribution in [0.1, 0.15) is 15.9 Å². The fourth-order valence-electron chi connectivity index (χ4n) is 3.30. The first-order valence-electron chi connectivity index (χ1n) is 10.0. The van der Waals surface area contributed by atoms with Crippen molar-refractivity contribution in [3.8, 4) is 11.3 Å². The predicted octanol–water partition coefficient (Wildman–Crippen LogP) is 5.85. The Morgan fingerprint density at radius 3 is 2.00 bits per heavy atom. The molecular formula is C25H17F3N2O3S. The van der Waals surface area contributed by atoms with Gasteiger partial charge in [0.25, 0.3) is 5.91 Å². The van der Waals surface area contributed by atoms with Crippen LogP contribution in [-0.2, 0) is 16.0 Å². The van der Waals surface area contributed by atoms with E-state index in [-0.39, 0.29) is 26.6 Å². The van der Waals surface area contributed by atoms with Crippen molar-refractivity contribution in [2.45, 2.75) is 16.0 Å². The molecule has 172 valence electrons. The number of hydrogen-bond donors (Lipinski definition) is 1. The molecule has 0 fully saturated rings. The van der Waals surface area contributed by atoms with E-state index in [9.17, 15) is 26.4 Å². The van der Waals surface area contributed by atoms with Gasteiger partial charge in [0.1, 0.15) is 0 Å². The number of nitrogens with zero attached hydrogens (tertiary/aromatic N) is 1. The second kappa shape index (κ2) is 9.11. The topological polar surface area (TPSA) is 76.1 Å². The number of hydrogen-bond acceptors (Lipinski definition) is 4. The highest BCUT2D eigenvalue weighted by atomic mass is 32.2. The quantitative estimate of drug-likeness (QED) is 0.387. The lowest BCUT2D eigenvalue weighted by atomic mass is 10.0. The highest BCUT2D eigenvalue weighted by Crippen LogP contribution is 2.35. The number of alkyl halides is 3. The smallest absolute Gasteiger partial charge is 0.322 e. The number of carbonyl (C=O) groups excluding carboxylic acids is 1. The van der Waals surface area contributed by atoms with Gasteiger partial charge in [-0.15, -0.1) is 0 Å². The average Bonchev–Trinajstić information content (AvgIpc) is 2.84. The van der Waals surface area contributed by atoms with Crippen molar-refractivity contribution in [1.29, 1.82) is 0 Å². The number of amides is 1. The molecular weight excluding hydrogens is 465 g/mol. The van der Waals surface area contributed by atoms with E-state index in [1.54, 1.807) is 18.2 Å². The van der Waals surface area contributed by atoms with E-state index in [4.69, 9.17) is 0 Å². The summed E-state index contributed by atoms with van der Waals surface area (Å²) in [5.74, 6) is -0.498. The molecule has 4 aromatic rings. The van der Waals surface area contributed by atoms with Crippen LogP contribution < -0.4 is 5.32 Å². The Bertz CT molecular complexity index is 1420. The summed E-state index contributed by atoms with van der Waals surface area (Å²) in [4.78, 5) is 16.6. The Morgan fingerprint density at radius 2 is 1.38 bits per heavy atom. The number of pyridine rings is 1. The molecule has 0 aliphatic heterocycles. The molecule has 9 heteroatoms. The van der Waals surface area contributed by atoms with Gasteiger partial charge in [-0.05, 0) is 60.7 Å². The Hall–Kier alpha value is -3.98. The number of carbonyl (C=O) groups is 1. The molecule has 0 spiro atoms. The van der Waals surface area contributed by atoms with E-state index in [2.05, 4.69) is 10.3 Å². The van der Waals surface area contributed by atoms with Gasteiger partial charge in [0.2, 0.25) is 9.84 Å². The molecule has 0 atom stereocenters. The fourth-order valence-corrected chi connectivity index (χ4v) is 4.58. The van der Waals surface area contributed by atoms with Gasteiger partial charge < -0.3 is 5.32 Å². The lowest BCUT2D eigenvalue weighted by Crippen LogP contribution is -2.12. The van der Waals surface area contributed by atoms with Crippen LogP contribution in [0.3, 0.4) is 0 Å². The molecule has 34 heavy (non-hydrogen) atoms. The van der Waals surface area contributed by atoms with Crippen molar-refractivity contribution in [2.75, 3.05) is 5.32 Å². The molecule has 1 aromatic heterocycles. The van der Waals surface area contributed by atoms with Crippen molar-refractivity contribution < 1.29 is 26.4 Å². The van der Waals surface area contributed by atoms with Crippen LogP contribution in [-0.4, -0.2) is 19.3 Å².